The Kier molecular flexibility index (Phi) is 4.57. The summed E-state index contributed by atoms with van der Waals surface area (Å²) >= 11 is 1.44. The van der Waals surface area contributed by atoms with Crippen LogP contribution >= 0.6 is 11.8 Å². The third-order valence-corrected chi connectivity index (χ3v) is 4.57. The molecule has 5 heteroatoms. The minimum absolute atomic E-state index is 0.0386. The number of thioether (sulfide) groups is 1. The van der Waals surface area contributed by atoms with E-state index in [0.717, 1.165) is 27.2 Å². The lowest BCUT2D eigenvalue weighted by Crippen LogP contribution is -2.22. The van der Waals surface area contributed by atoms with E-state index < -0.39 is 0 Å². The van der Waals surface area contributed by atoms with E-state index >= 15 is 0 Å². The van der Waals surface area contributed by atoms with Gasteiger partial charge in [-0.1, -0.05) is 42.1 Å². The number of hydrogen-bond donors (Lipinski definition) is 1. The van der Waals surface area contributed by atoms with Crippen LogP contribution in [0.25, 0.3) is 10.9 Å². The molecule has 0 fully saturated rings. The first-order valence-corrected chi connectivity index (χ1v) is 8.25. The highest BCUT2D eigenvalue weighted by molar-refractivity contribution is 8.00. The zero-order valence-electron chi connectivity index (χ0n) is 13.0. The number of carbonyl (C=O) groups is 1. The summed E-state index contributed by atoms with van der Waals surface area (Å²) in [4.78, 5) is 21.0. The van der Waals surface area contributed by atoms with Crippen LogP contribution in [0.4, 0.5) is 5.69 Å². The molecule has 0 radical (unpaired) electrons. The fourth-order valence-corrected chi connectivity index (χ4v) is 3.17. The number of aryl methyl sites for hydroxylation is 1. The van der Waals surface area contributed by atoms with E-state index in [2.05, 4.69) is 15.3 Å². The van der Waals surface area contributed by atoms with Gasteiger partial charge in [0.25, 0.3) is 0 Å². The Balaban J connectivity index is 1.75. The van der Waals surface area contributed by atoms with E-state index in [0.29, 0.717) is 0 Å². The summed E-state index contributed by atoms with van der Waals surface area (Å²) < 4.78 is 0. The van der Waals surface area contributed by atoms with E-state index in [1.54, 1.807) is 0 Å². The second-order valence-corrected chi connectivity index (χ2v) is 6.64. The van der Waals surface area contributed by atoms with Crippen molar-refractivity contribution in [1.82, 2.24) is 9.97 Å². The summed E-state index contributed by atoms with van der Waals surface area (Å²) in [6, 6.07) is 15.6. The molecule has 1 atom stereocenters. The molecule has 0 bridgehead atoms. The van der Waals surface area contributed by atoms with E-state index in [9.17, 15) is 4.79 Å². The lowest BCUT2D eigenvalue weighted by molar-refractivity contribution is -0.115. The lowest BCUT2D eigenvalue weighted by Gasteiger charge is -2.13. The second kappa shape index (κ2) is 6.79. The average molecular weight is 323 g/mol. The number of nitrogens with zero attached hydrogens (tertiary/aromatic N) is 2. The first-order valence-electron chi connectivity index (χ1n) is 7.37. The normalized spacial score (nSPS) is 12.1. The first-order chi connectivity index (χ1) is 11.1. The summed E-state index contributed by atoms with van der Waals surface area (Å²) in [5.74, 6) is -0.0386. The van der Waals surface area contributed by atoms with Gasteiger partial charge in [-0.05, 0) is 37.6 Å². The van der Waals surface area contributed by atoms with Crippen LogP contribution in [0.3, 0.4) is 0 Å². The van der Waals surface area contributed by atoms with Crippen molar-refractivity contribution in [2.45, 2.75) is 24.1 Å². The third kappa shape index (κ3) is 3.68. The molecule has 3 aromatic rings. The van der Waals surface area contributed by atoms with Gasteiger partial charge in [0.1, 0.15) is 11.4 Å². The molecule has 116 valence electrons. The molecule has 0 spiro atoms. The number of benzene rings is 2. The van der Waals surface area contributed by atoms with Crippen LogP contribution in [-0.4, -0.2) is 21.1 Å². The van der Waals surface area contributed by atoms with Gasteiger partial charge in [-0.3, -0.25) is 4.79 Å². The van der Waals surface area contributed by atoms with Gasteiger partial charge in [-0.25, -0.2) is 9.97 Å². The van der Waals surface area contributed by atoms with E-state index in [1.807, 2.05) is 62.4 Å². The number of rotatable bonds is 4. The molecule has 0 unspecified atom stereocenters. The summed E-state index contributed by atoms with van der Waals surface area (Å²) in [6.07, 6.45) is 1.54. The fraction of sp³-hybridized carbons (Fsp3) is 0.167. The number of hydrogen-bond acceptors (Lipinski definition) is 4. The SMILES string of the molecule is Cc1cccc(NC(=O)[C@H](C)Sc2ncnc3ccccc23)c1. The summed E-state index contributed by atoms with van der Waals surface area (Å²) in [6.45, 7) is 3.88. The second-order valence-electron chi connectivity index (χ2n) is 5.31. The van der Waals surface area contributed by atoms with Gasteiger partial charge in [0.15, 0.2) is 0 Å². The molecule has 0 saturated carbocycles. The van der Waals surface area contributed by atoms with Crippen molar-refractivity contribution in [2.24, 2.45) is 0 Å². The number of para-hydroxylation sites is 1. The van der Waals surface area contributed by atoms with Crippen molar-refractivity contribution in [3.05, 3.63) is 60.4 Å². The maximum atomic E-state index is 12.4. The van der Waals surface area contributed by atoms with Crippen LogP contribution in [-0.2, 0) is 4.79 Å². The number of nitrogens with one attached hydrogen (secondary N) is 1. The van der Waals surface area contributed by atoms with Crippen LogP contribution in [0.15, 0.2) is 59.9 Å². The van der Waals surface area contributed by atoms with Crippen LogP contribution in [0, 0.1) is 6.92 Å². The van der Waals surface area contributed by atoms with Crippen molar-refractivity contribution in [1.29, 1.82) is 0 Å². The number of aromatic nitrogens is 2. The highest BCUT2D eigenvalue weighted by Crippen LogP contribution is 2.28. The summed E-state index contributed by atoms with van der Waals surface area (Å²) in [5, 5.41) is 4.48. The lowest BCUT2D eigenvalue weighted by atomic mass is 10.2. The fourth-order valence-electron chi connectivity index (χ4n) is 2.26. The van der Waals surface area contributed by atoms with Gasteiger partial charge in [0, 0.05) is 11.1 Å². The average Bonchev–Trinajstić information content (AvgIpc) is 2.55. The van der Waals surface area contributed by atoms with Crippen LogP contribution in [0.1, 0.15) is 12.5 Å². The predicted molar refractivity (Wildman–Crippen MR) is 94.7 cm³/mol. The maximum Gasteiger partial charge on any atom is 0.237 e. The van der Waals surface area contributed by atoms with Crippen LogP contribution in [0.5, 0.6) is 0 Å². The van der Waals surface area contributed by atoms with Crippen molar-refractivity contribution in [2.75, 3.05) is 5.32 Å². The van der Waals surface area contributed by atoms with E-state index in [4.69, 9.17) is 0 Å². The van der Waals surface area contributed by atoms with Gasteiger partial charge in [0.05, 0.1) is 10.8 Å². The molecule has 23 heavy (non-hydrogen) atoms. The molecule has 0 aliphatic rings. The number of amides is 1. The first kappa shape index (κ1) is 15.5. The maximum absolute atomic E-state index is 12.4. The Morgan fingerprint density at radius 2 is 1.96 bits per heavy atom. The van der Waals surface area contributed by atoms with Crippen LogP contribution in [0.2, 0.25) is 0 Å². The molecule has 1 heterocycles. The standard InChI is InChI=1S/C18H17N3OS/c1-12-6-5-7-14(10-12)21-17(22)13(2)23-18-15-8-3-4-9-16(15)19-11-20-18/h3-11,13H,1-2H3,(H,21,22)/t13-/m0/s1. The molecule has 0 aliphatic heterocycles. The number of anilines is 1. The Morgan fingerprint density at radius 1 is 1.13 bits per heavy atom. The Hall–Kier alpha value is -2.40. The number of carbonyl (C=O) groups excluding carboxylic acids is 1. The van der Waals surface area contributed by atoms with Crippen molar-refractivity contribution in [3.63, 3.8) is 0 Å². The molecule has 0 saturated heterocycles. The summed E-state index contributed by atoms with van der Waals surface area (Å²) in [7, 11) is 0. The molecular weight excluding hydrogens is 306 g/mol. The zero-order chi connectivity index (χ0) is 16.2. The quantitative estimate of drug-likeness (QED) is 0.581. The Labute approximate surface area is 139 Å². The van der Waals surface area contributed by atoms with Gasteiger partial charge in [-0.15, -0.1) is 0 Å². The molecule has 1 aromatic heterocycles. The highest BCUT2D eigenvalue weighted by atomic mass is 32.2. The Bertz CT molecular complexity index is 845. The molecule has 1 amide bonds. The molecule has 3 rings (SSSR count). The van der Waals surface area contributed by atoms with Crippen LogP contribution < -0.4 is 5.32 Å². The van der Waals surface area contributed by atoms with Crippen molar-refractivity contribution < 1.29 is 4.79 Å². The smallest absolute Gasteiger partial charge is 0.237 e. The largest absolute Gasteiger partial charge is 0.325 e. The molecule has 2 aromatic carbocycles. The highest BCUT2D eigenvalue weighted by Gasteiger charge is 2.17. The number of fused-ring (bicyclic) bond motifs is 1. The summed E-state index contributed by atoms with van der Waals surface area (Å²) in [5.41, 5.74) is 2.82. The molecular formula is C18H17N3OS. The third-order valence-electron chi connectivity index (χ3n) is 3.45. The monoisotopic (exact) mass is 323 g/mol. The Morgan fingerprint density at radius 3 is 2.78 bits per heavy atom. The van der Waals surface area contributed by atoms with Gasteiger partial charge >= 0.3 is 0 Å². The molecule has 1 N–H and O–H groups in total. The molecule has 4 nitrogen and oxygen atoms in total. The topological polar surface area (TPSA) is 54.9 Å². The van der Waals surface area contributed by atoms with Gasteiger partial charge in [-0.2, -0.15) is 0 Å². The van der Waals surface area contributed by atoms with E-state index in [1.165, 1.54) is 18.1 Å². The zero-order valence-corrected chi connectivity index (χ0v) is 13.8. The minimum atomic E-state index is -0.256. The molecule has 0 aliphatic carbocycles. The van der Waals surface area contributed by atoms with Gasteiger partial charge < -0.3 is 5.32 Å². The van der Waals surface area contributed by atoms with Gasteiger partial charge in [0.2, 0.25) is 5.91 Å². The predicted octanol–water partition coefficient (Wildman–Crippen LogP) is 4.06. The minimum Gasteiger partial charge on any atom is -0.325 e. The van der Waals surface area contributed by atoms with Crippen molar-refractivity contribution >= 4 is 34.3 Å². The van der Waals surface area contributed by atoms with E-state index in [-0.39, 0.29) is 11.2 Å². The van der Waals surface area contributed by atoms with Crippen molar-refractivity contribution in [3.8, 4) is 0 Å².